The Labute approximate surface area is 129 Å². The fourth-order valence-electron chi connectivity index (χ4n) is 2.77. The van der Waals surface area contributed by atoms with Gasteiger partial charge < -0.3 is 9.84 Å². The molecule has 6 heteroatoms. The zero-order valence-electron chi connectivity index (χ0n) is 12.7. The number of hydrogen-bond donors (Lipinski definition) is 1. The third-order valence-corrected chi connectivity index (χ3v) is 3.81. The number of rotatable bonds is 4. The predicted octanol–water partition coefficient (Wildman–Crippen LogP) is 1.77. The summed E-state index contributed by atoms with van der Waals surface area (Å²) < 4.78 is 4.95. The average Bonchev–Trinajstić information content (AvgIpc) is 2.95. The van der Waals surface area contributed by atoms with E-state index in [2.05, 4.69) is 20.4 Å². The molecule has 0 aromatic carbocycles. The lowest BCUT2D eigenvalue weighted by atomic mass is 10.1. The molecular weight excluding hydrogens is 280 g/mol. The highest BCUT2D eigenvalue weighted by Crippen LogP contribution is 2.13. The Morgan fingerprint density at radius 2 is 2.41 bits per heavy atom. The van der Waals surface area contributed by atoms with Crippen LogP contribution in [0.1, 0.15) is 34.8 Å². The van der Waals surface area contributed by atoms with Gasteiger partial charge in [-0.3, -0.25) is 14.7 Å². The molecule has 0 spiro atoms. The zero-order chi connectivity index (χ0) is 15.4. The van der Waals surface area contributed by atoms with Crippen LogP contribution in [0.2, 0.25) is 0 Å². The van der Waals surface area contributed by atoms with E-state index < -0.39 is 0 Å². The SMILES string of the molecule is Cc1cc(C(=O)NC2CCCN(Cc3ccccn3)C2)no1. The predicted molar refractivity (Wildman–Crippen MR) is 81.2 cm³/mol. The number of hydrogen-bond acceptors (Lipinski definition) is 5. The largest absolute Gasteiger partial charge is 0.361 e. The fourth-order valence-corrected chi connectivity index (χ4v) is 2.77. The van der Waals surface area contributed by atoms with Crippen LogP contribution in [0.3, 0.4) is 0 Å². The quantitative estimate of drug-likeness (QED) is 0.932. The van der Waals surface area contributed by atoms with Crippen molar-refractivity contribution in [2.75, 3.05) is 13.1 Å². The first-order valence-electron chi connectivity index (χ1n) is 7.57. The van der Waals surface area contributed by atoms with Gasteiger partial charge in [-0.15, -0.1) is 0 Å². The second-order valence-electron chi connectivity index (χ2n) is 5.69. The maximum atomic E-state index is 12.1. The maximum Gasteiger partial charge on any atom is 0.273 e. The van der Waals surface area contributed by atoms with E-state index in [1.165, 1.54) is 0 Å². The number of carbonyl (C=O) groups excluding carboxylic acids is 1. The van der Waals surface area contributed by atoms with Gasteiger partial charge in [-0.1, -0.05) is 11.2 Å². The molecule has 1 amide bonds. The number of amides is 1. The number of nitrogens with one attached hydrogen (secondary N) is 1. The van der Waals surface area contributed by atoms with E-state index in [0.717, 1.165) is 38.2 Å². The summed E-state index contributed by atoms with van der Waals surface area (Å²) in [5.41, 5.74) is 1.40. The molecule has 1 saturated heterocycles. The monoisotopic (exact) mass is 300 g/mol. The van der Waals surface area contributed by atoms with E-state index in [9.17, 15) is 4.79 Å². The van der Waals surface area contributed by atoms with E-state index in [1.54, 1.807) is 13.0 Å². The topological polar surface area (TPSA) is 71.3 Å². The van der Waals surface area contributed by atoms with Crippen molar-refractivity contribution in [1.29, 1.82) is 0 Å². The van der Waals surface area contributed by atoms with Crippen LogP contribution in [-0.2, 0) is 6.54 Å². The van der Waals surface area contributed by atoms with Gasteiger partial charge in [0.05, 0.1) is 5.69 Å². The van der Waals surface area contributed by atoms with Gasteiger partial charge in [-0.2, -0.15) is 0 Å². The van der Waals surface area contributed by atoms with Crippen molar-refractivity contribution in [3.8, 4) is 0 Å². The first-order valence-corrected chi connectivity index (χ1v) is 7.57. The van der Waals surface area contributed by atoms with Crippen molar-refractivity contribution in [3.63, 3.8) is 0 Å². The van der Waals surface area contributed by atoms with Crippen molar-refractivity contribution < 1.29 is 9.32 Å². The van der Waals surface area contributed by atoms with Crippen LogP contribution in [-0.4, -0.2) is 40.1 Å². The van der Waals surface area contributed by atoms with Crippen LogP contribution in [0, 0.1) is 6.92 Å². The maximum absolute atomic E-state index is 12.1. The molecule has 116 valence electrons. The Bertz CT molecular complexity index is 626. The lowest BCUT2D eigenvalue weighted by molar-refractivity contribution is 0.0891. The standard InChI is InChI=1S/C16H20N4O2/c1-12-9-15(19-22-12)16(21)18-14-6-4-8-20(11-14)10-13-5-2-3-7-17-13/h2-3,5,7,9,14H,4,6,8,10-11H2,1H3,(H,18,21). The molecule has 3 heterocycles. The summed E-state index contributed by atoms with van der Waals surface area (Å²) in [6.45, 7) is 4.46. The molecule has 6 nitrogen and oxygen atoms in total. The van der Waals surface area contributed by atoms with Gasteiger partial charge in [0.1, 0.15) is 5.76 Å². The number of carbonyl (C=O) groups is 1. The Balaban J connectivity index is 1.55. The molecular formula is C16H20N4O2. The Morgan fingerprint density at radius 1 is 1.50 bits per heavy atom. The van der Waals surface area contributed by atoms with E-state index in [1.807, 2.05) is 24.4 Å². The van der Waals surface area contributed by atoms with Crippen LogP contribution in [0.25, 0.3) is 0 Å². The number of pyridine rings is 1. The lowest BCUT2D eigenvalue weighted by Gasteiger charge is -2.32. The summed E-state index contributed by atoms with van der Waals surface area (Å²) in [5, 5.41) is 6.80. The average molecular weight is 300 g/mol. The molecule has 0 aliphatic carbocycles. The second-order valence-corrected chi connectivity index (χ2v) is 5.69. The van der Waals surface area contributed by atoms with Crippen LogP contribution in [0.4, 0.5) is 0 Å². The summed E-state index contributed by atoms with van der Waals surface area (Å²) in [7, 11) is 0. The molecule has 1 fully saturated rings. The van der Waals surface area contributed by atoms with Crippen LogP contribution < -0.4 is 5.32 Å². The summed E-state index contributed by atoms with van der Waals surface area (Å²) in [4.78, 5) is 18.8. The van der Waals surface area contributed by atoms with Gasteiger partial charge in [0.2, 0.25) is 0 Å². The van der Waals surface area contributed by atoms with E-state index in [4.69, 9.17) is 4.52 Å². The molecule has 0 radical (unpaired) electrons. The van der Waals surface area contributed by atoms with Crippen LogP contribution in [0.5, 0.6) is 0 Å². The smallest absolute Gasteiger partial charge is 0.273 e. The first-order chi connectivity index (χ1) is 10.7. The Kier molecular flexibility index (Phi) is 4.48. The van der Waals surface area contributed by atoms with Gasteiger partial charge in [0.25, 0.3) is 5.91 Å². The Hall–Kier alpha value is -2.21. The van der Waals surface area contributed by atoms with Crippen LogP contribution >= 0.6 is 0 Å². The minimum Gasteiger partial charge on any atom is -0.361 e. The van der Waals surface area contributed by atoms with Gasteiger partial charge in [0.15, 0.2) is 5.69 Å². The summed E-state index contributed by atoms with van der Waals surface area (Å²) in [5.74, 6) is 0.479. The summed E-state index contributed by atoms with van der Waals surface area (Å²) in [6.07, 6.45) is 3.86. The van der Waals surface area contributed by atoms with Crippen LogP contribution in [0.15, 0.2) is 35.0 Å². The first kappa shape index (κ1) is 14.7. The van der Waals surface area contributed by atoms with Gasteiger partial charge in [0, 0.05) is 31.4 Å². The third-order valence-electron chi connectivity index (χ3n) is 3.81. The molecule has 0 bridgehead atoms. The van der Waals surface area contributed by atoms with Crippen molar-refractivity contribution in [2.45, 2.75) is 32.4 Å². The fraction of sp³-hybridized carbons (Fsp3) is 0.438. The molecule has 1 atom stereocenters. The van der Waals surface area contributed by atoms with Crippen molar-refractivity contribution in [1.82, 2.24) is 20.4 Å². The minimum atomic E-state index is -0.165. The highest BCUT2D eigenvalue weighted by Gasteiger charge is 2.23. The molecule has 2 aromatic rings. The van der Waals surface area contributed by atoms with Crippen molar-refractivity contribution in [3.05, 3.63) is 47.6 Å². The molecule has 2 aromatic heterocycles. The van der Waals surface area contributed by atoms with Crippen molar-refractivity contribution in [2.24, 2.45) is 0 Å². The number of likely N-dealkylation sites (tertiary alicyclic amines) is 1. The van der Waals surface area contributed by atoms with Gasteiger partial charge >= 0.3 is 0 Å². The molecule has 1 aliphatic heterocycles. The summed E-state index contributed by atoms with van der Waals surface area (Å²) >= 11 is 0. The number of nitrogens with zero attached hydrogens (tertiary/aromatic N) is 3. The van der Waals surface area contributed by atoms with E-state index in [0.29, 0.717) is 11.5 Å². The minimum absolute atomic E-state index is 0.141. The number of aryl methyl sites for hydroxylation is 1. The lowest BCUT2D eigenvalue weighted by Crippen LogP contribution is -2.47. The van der Waals surface area contributed by atoms with Gasteiger partial charge in [-0.05, 0) is 38.4 Å². The third kappa shape index (κ3) is 3.71. The number of piperidine rings is 1. The number of aromatic nitrogens is 2. The summed E-state index contributed by atoms with van der Waals surface area (Å²) in [6, 6.07) is 7.74. The normalized spacial score (nSPS) is 19.0. The highest BCUT2D eigenvalue weighted by molar-refractivity contribution is 5.92. The molecule has 3 rings (SSSR count). The highest BCUT2D eigenvalue weighted by atomic mass is 16.5. The van der Waals surface area contributed by atoms with Crippen molar-refractivity contribution >= 4 is 5.91 Å². The van der Waals surface area contributed by atoms with E-state index in [-0.39, 0.29) is 11.9 Å². The Morgan fingerprint density at radius 3 is 3.14 bits per heavy atom. The molecule has 1 aliphatic rings. The molecule has 0 saturated carbocycles. The molecule has 1 unspecified atom stereocenters. The van der Waals surface area contributed by atoms with Gasteiger partial charge in [-0.25, -0.2) is 0 Å². The molecule has 22 heavy (non-hydrogen) atoms. The zero-order valence-corrected chi connectivity index (χ0v) is 12.7. The molecule has 1 N–H and O–H groups in total. The van der Waals surface area contributed by atoms with E-state index >= 15 is 0 Å². The second kappa shape index (κ2) is 6.70.